The average molecular weight is 242 g/mol. The molecule has 0 heterocycles. The van der Waals surface area contributed by atoms with Gasteiger partial charge in [0.15, 0.2) is 5.78 Å². The number of Topliss-reactive ketones (excluding diaryl/α,β-unsaturated/α-hetero) is 1. The van der Waals surface area contributed by atoms with Gasteiger partial charge in [0.2, 0.25) is 0 Å². The summed E-state index contributed by atoms with van der Waals surface area (Å²) >= 11 is 0. The minimum absolute atomic E-state index is 0.148. The van der Waals surface area contributed by atoms with Gasteiger partial charge in [-0.2, -0.15) is 0 Å². The third-order valence-electron chi connectivity index (χ3n) is 3.01. The first-order chi connectivity index (χ1) is 8.07. The Bertz CT molecular complexity index is 187. The van der Waals surface area contributed by atoms with Crippen LogP contribution in [0.3, 0.4) is 0 Å². The Hall–Kier alpha value is -0.370. The lowest BCUT2D eigenvalue weighted by Gasteiger charge is -2.12. The van der Waals surface area contributed by atoms with Crippen molar-refractivity contribution < 1.29 is 9.53 Å². The molecule has 0 amide bonds. The molecular formula is C15H30O2. The van der Waals surface area contributed by atoms with E-state index in [0.717, 1.165) is 19.4 Å². The number of carbonyl (C=O) groups is 1. The molecule has 0 aliphatic carbocycles. The molecule has 0 aromatic rings. The van der Waals surface area contributed by atoms with Crippen LogP contribution in [-0.2, 0) is 9.53 Å². The van der Waals surface area contributed by atoms with E-state index in [1.54, 1.807) is 0 Å². The second-order valence-corrected chi connectivity index (χ2v) is 5.46. The van der Waals surface area contributed by atoms with E-state index in [9.17, 15) is 4.79 Å². The molecule has 0 unspecified atom stereocenters. The molecule has 17 heavy (non-hydrogen) atoms. The molecule has 0 spiro atoms. The molecule has 0 aliphatic heterocycles. The van der Waals surface area contributed by atoms with Crippen molar-refractivity contribution >= 4 is 5.78 Å². The summed E-state index contributed by atoms with van der Waals surface area (Å²) in [5.74, 6) is 0.991. The molecule has 0 saturated heterocycles. The molecule has 0 N–H and O–H groups in total. The summed E-state index contributed by atoms with van der Waals surface area (Å²) in [6.45, 7) is 9.57. The normalized spacial score (nSPS) is 13.0. The van der Waals surface area contributed by atoms with E-state index >= 15 is 0 Å². The lowest BCUT2D eigenvalue weighted by atomic mass is 9.95. The van der Waals surface area contributed by atoms with Crippen LogP contribution < -0.4 is 0 Å². The molecule has 0 aliphatic rings. The highest BCUT2D eigenvalue weighted by molar-refractivity contribution is 5.81. The van der Waals surface area contributed by atoms with Gasteiger partial charge in [-0.25, -0.2) is 0 Å². The summed E-state index contributed by atoms with van der Waals surface area (Å²) in [6, 6.07) is 0. The van der Waals surface area contributed by atoms with Gasteiger partial charge in [-0.15, -0.1) is 0 Å². The Labute approximate surface area is 107 Å². The van der Waals surface area contributed by atoms with Crippen molar-refractivity contribution in [1.82, 2.24) is 0 Å². The van der Waals surface area contributed by atoms with Crippen molar-refractivity contribution in [2.75, 3.05) is 13.2 Å². The molecule has 1 atom stereocenters. The first-order valence-corrected chi connectivity index (χ1v) is 7.18. The number of hydrogen-bond donors (Lipinski definition) is 0. The first kappa shape index (κ1) is 16.6. The highest BCUT2D eigenvalue weighted by atomic mass is 16.5. The van der Waals surface area contributed by atoms with Crippen molar-refractivity contribution in [3.8, 4) is 0 Å². The third-order valence-corrected chi connectivity index (χ3v) is 3.01. The largest absolute Gasteiger partial charge is 0.374 e. The summed E-state index contributed by atoms with van der Waals surface area (Å²) in [6.07, 6.45) is 7.15. The summed E-state index contributed by atoms with van der Waals surface area (Å²) in [5, 5.41) is 0. The molecular weight excluding hydrogens is 212 g/mol. The maximum Gasteiger partial charge on any atom is 0.161 e. The number of hydrogen-bond acceptors (Lipinski definition) is 2. The van der Waals surface area contributed by atoms with Gasteiger partial charge in [0, 0.05) is 12.5 Å². The van der Waals surface area contributed by atoms with Crippen LogP contribution in [0.4, 0.5) is 0 Å². The van der Waals surface area contributed by atoms with Crippen molar-refractivity contribution in [2.45, 2.75) is 66.2 Å². The van der Waals surface area contributed by atoms with Crippen LogP contribution in [0.5, 0.6) is 0 Å². The van der Waals surface area contributed by atoms with Crippen LogP contribution in [0.2, 0.25) is 0 Å². The van der Waals surface area contributed by atoms with E-state index in [-0.39, 0.29) is 11.7 Å². The quantitative estimate of drug-likeness (QED) is 0.507. The number of unbranched alkanes of at least 4 members (excludes halogenated alkanes) is 4. The van der Waals surface area contributed by atoms with Gasteiger partial charge in [0.25, 0.3) is 0 Å². The van der Waals surface area contributed by atoms with Gasteiger partial charge in [0.05, 0.1) is 0 Å². The van der Waals surface area contributed by atoms with E-state index in [4.69, 9.17) is 4.74 Å². The van der Waals surface area contributed by atoms with Gasteiger partial charge in [-0.1, -0.05) is 53.4 Å². The van der Waals surface area contributed by atoms with Crippen LogP contribution in [0, 0.1) is 11.8 Å². The van der Waals surface area contributed by atoms with Crippen molar-refractivity contribution in [3.63, 3.8) is 0 Å². The highest BCUT2D eigenvalue weighted by Gasteiger charge is 2.14. The second kappa shape index (κ2) is 10.8. The topological polar surface area (TPSA) is 26.3 Å². The van der Waals surface area contributed by atoms with Gasteiger partial charge in [-0.3, -0.25) is 4.79 Å². The minimum atomic E-state index is 0.148. The Morgan fingerprint density at radius 3 is 2.29 bits per heavy atom. The summed E-state index contributed by atoms with van der Waals surface area (Å²) in [5.41, 5.74) is 0. The maximum atomic E-state index is 11.7. The van der Waals surface area contributed by atoms with Gasteiger partial charge in [-0.05, 0) is 18.8 Å². The molecule has 2 heteroatoms. The number of rotatable bonds is 11. The molecule has 0 aromatic carbocycles. The van der Waals surface area contributed by atoms with Crippen molar-refractivity contribution in [1.29, 1.82) is 0 Å². The van der Waals surface area contributed by atoms with Crippen LogP contribution in [0.1, 0.15) is 66.2 Å². The van der Waals surface area contributed by atoms with Crippen LogP contribution >= 0.6 is 0 Å². The maximum absolute atomic E-state index is 11.7. The molecule has 0 saturated carbocycles. The monoisotopic (exact) mass is 242 g/mol. The third kappa shape index (κ3) is 10.5. The lowest BCUT2D eigenvalue weighted by molar-refractivity contribution is -0.127. The average Bonchev–Trinajstić information content (AvgIpc) is 2.26. The molecule has 0 radical (unpaired) electrons. The molecule has 0 rings (SSSR count). The second-order valence-electron chi connectivity index (χ2n) is 5.46. The van der Waals surface area contributed by atoms with Crippen molar-refractivity contribution in [2.24, 2.45) is 11.8 Å². The number of ketones is 1. The van der Waals surface area contributed by atoms with Crippen LogP contribution in [0.15, 0.2) is 0 Å². The standard InChI is InChI=1S/C15H30O2/c1-5-6-7-8-9-10-17-12-15(16)14(4)11-13(2)3/h13-14H,5-12H2,1-4H3/t14-/m1/s1. The van der Waals surface area contributed by atoms with Crippen molar-refractivity contribution in [3.05, 3.63) is 0 Å². The zero-order chi connectivity index (χ0) is 13.1. The van der Waals surface area contributed by atoms with Gasteiger partial charge in [0.1, 0.15) is 6.61 Å². The van der Waals surface area contributed by atoms with E-state index in [1.807, 2.05) is 6.92 Å². The highest BCUT2D eigenvalue weighted by Crippen LogP contribution is 2.12. The Kier molecular flexibility index (Phi) is 10.5. The predicted octanol–water partition coefficient (Wildman–Crippen LogP) is 4.22. The van der Waals surface area contributed by atoms with E-state index < -0.39 is 0 Å². The smallest absolute Gasteiger partial charge is 0.161 e. The zero-order valence-electron chi connectivity index (χ0n) is 12.1. The molecule has 0 fully saturated rings. The summed E-state index contributed by atoms with van der Waals surface area (Å²) < 4.78 is 5.43. The first-order valence-electron chi connectivity index (χ1n) is 7.18. The Balaban J connectivity index is 3.38. The molecule has 2 nitrogen and oxygen atoms in total. The number of ether oxygens (including phenoxy) is 1. The predicted molar refractivity (Wildman–Crippen MR) is 73.2 cm³/mol. The van der Waals surface area contributed by atoms with Gasteiger partial charge >= 0.3 is 0 Å². The fourth-order valence-electron chi connectivity index (χ4n) is 1.96. The van der Waals surface area contributed by atoms with Crippen LogP contribution in [-0.4, -0.2) is 19.0 Å². The van der Waals surface area contributed by atoms with E-state index in [0.29, 0.717) is 12.5 Å². The Morgan fingerprint density at radius 1 is 1.06 bits per heavy atom. The SMILES string of the molecule is CCCCCCCOCC(=O)[C@H](C)CC(C)C. The minimum Gasteiger partial charge on any atom is -0.374 e. The summed E-state index contributed by atoms with van der Waals surface area (Å²) in [7, 11) is 0. The van der Waals surface area contributed by atoms with E-state index in [1.165, 1.54) is 25.7 Å². The molecule has 0 bridgehead atoms. The molecule has 102 valence electrons. The Morgan fingerprint density at radius 2 is 1.71 bits per heavy atom. The van der Waals surface area contributed by atoms with Gasteiger partial charge < -0.3 is 4.74 Å². The number of carbonyl (C=O) groups excluding carboxylic acids is 1. The fraction of sp³-hybridized carbons (Fsp3) is 0.933. The lowest BCUT2D eigenvalue weighted by Crippen LogP contribution is -2.19. The zero-order valence-corrected chi connectivity index (χ0v) is 12.1. The van der Waals surface area contributed by atoms with E-state index in [2.05, 4.69) is 20.8 Å². The molecule has 0 aromatic heterocycles. The fourth-order valence-corrected chi connectivity index (χ4v) is 1.96. The summed E-state index contributed by atoms with van der Waals surface area (Å²) in [4.78, 5) is 11.7. The van der Waals surface area contributed by atoms with Crippen LogP contribution in [0.25, 0.3) is 0 Å².